The normalized spacial score (nSPS) is 11.0. The molecule has 23 heavy (non-hydrogen) atoms. The summed E-state index contributed by atoms with van der Waals surface area (Å²) in [5.74, 6) is -0.754. The number of carboxylic acids is 1. The molecule has 1 amide bonds. The van der Waals surface area contributed by atoms with Gasteiger partial charge in [-0.15, -0.1) is 0 Å². The minimum absolute atomic E-state index is 0.197. The average Bonchev–Trinajstić information content (AvgIpc) is 2.48. The van der Waals surface area contributed by atoms with Crippen molar-refractivity contribution in [2.75, 3.05) is 26.0 Å². The third-order valence-corrected chi connectivity index (χ3v) is 4.24. The first kappa shape index (κ1) is 19.0. The molecule has 0 aliphatic heterocycles. The third-order valence-electron chi connectivity index (χ3n) is 3.12. The topological polar surface area (TPSA) is 101 Å². The van der Waals surface area contributed by atoms with Gasteiger partial charge in [-0.2, -0.15) is 0 Å². The van der Waals surface area contributed by atoms with E-state index in [2.05, 4.69) is 0 Å². The van der Waals surface area contributed by atoms with Crippen LogP contribution in [-0.4, -0.2) is 56.3 Å². The van der Waals surface area contributed by atoms with Crippen LogP contribution in [-0.2, 0) is 19.4 Å². The molecule has 8 heteroatoms. The Balaban J connectivity index is 2.40. The second-order valence-electron chi connectivity index (χ2n) is 5.00. The van der Waals surface area contributed by atoms with E-state index in [-0.39, 0.29) is 30.4 Å². The van der Waals surface area contributed by atoms with Crippen molar-refractivity contribution in [2.24, 2.45) is 0 Å². The van der Waals surface area contributed by atoms with Gasteiger partial charge in [-0.05, 0) is 37.6 Å². The van der Waals surface area contributed by atoms with Gasteiger partial charge in [0.1, 0.15) is 12.3 Å². The number of aliphatic carboxylic acids is 1. The lowest BCUT2D eigenvalue weighted by atomic mass is 10.3. The number of carbonyl (C=O) groups is 2. The Morgan fingerprint density at radius 3 is 2.30 bits per heavy atom. The van der Waals surface area contributed by atoms with Gasteiger partial charge in [-0.25, -0.2) is 8.42 Å². The maximum atomic E-state index is 11.8. The van der Waals surface area contributed by atoms with Gasteiger partial charge in [0.25, 0.3) is 0 Å². The largest absolute Gasteiger partial charge is 0.494 e. The zero-order valence-corrected chi connectivity index (χ0v) is 14.0. The van der Waals surface area contributed by atoms with Gasteiger partial charge in [0.2, 0.25) is 5.91 Å². The molecule has 0 saturated heterocycles. The summed E-state index contributed by atoms with van der Waals surface area (Å²) in [6.07, 6.45) is 1.77. The van der Waals surface area contributed by atoms with Crippen LogP contribution in [0.4, 0.5) is 0 Å². The highest BCUT2D eigenvalue weighted by Crippen LogP contribution is 2.16. The first-order chi connectivity index (χ1) is 10.7. The highest BCUT2D eigenvalue weighted by molar-refractivity contribution is 7.90. The number of hydrogen-bond donors (Lipinski definition) is 1. The van der Waals surface area contributed by atoms with Gasteiger partial charge in [0, 0.05) is 19.2 Å². The van der Waals surface area contributed by atoms with Crippen LogP contribution in [0.3, 0.4) is 0 Å². The highest BCUT2D eigenvalue weighted by atomic mass is 32.2. The van der Waals surface area contributed by atoms with Gasteiger partial charge < -0.3 is 14.7 Å². The fourth-order valence-electron chi connectivity index (χ4n) is 1.89. The summed E-state index contributed by atoms with van der Waals surface area (Å²) in [6.45, 7) is 2.05. The van der Waals surface area contributed by atoms with E-state index >= 15 is 0 Å². The van der Waals surface area contributed by atoms with E-state index in [1.54, 1.807) is 19.1 Å². The van der Waals surface area contributed by atoms with Crippen LogP contribution in [0.5, 0.6) is 5.75 Å². The zero-order chi connectivity index (χ0) is 17.5. The molecule has 1 aromatic carbocycles. The first-order valence-corrected chi connectivity index (χ1v) is 9.05. The van der Waals surface area contributed by atoms with E-state index < -0.39 is 15.8 Å². The molecule has 0 aliphatic rings. The molecule has 0 heterocycles. The lowest BCUT2D eigenvalue weighted by Gasteiger charge is -2.18. The third kappa shape index (κ3) is 6.68. The molecule has 0 unspecified atom stereocenters. The highest BCUT2D eigenvalue weighted by Gasteiger charge is 2.14. The SMILES string of the molecule is CCN(CC(=O)O)C(=O)CCCOc1ccc(S(C)(=O)=O)cc1. The monoisotopic (exact) mass is 343 g/mol. The molecule has 128 valence electrons. The van der Waals surface area contributed by atoms with Crippen LogP contribution in [0, 0.1) is 0 Å². The molecule has 0 bridgehead atoms. The van der Waals surface area contributed by atoms with Crippen molar-refractivity contribution in [3.63, 3.8) is 0 Å². The Kier molecular flexibility index (Phi) is 7.02. The van der Waals surface area contributed by atoms with E-state index in [1.165, 1.54) is 17.0 Å². The lowest BCUT2D eigenvalue weighted by molar-refractivity contribution is -0.144. The van der Waals surface area contributed by atoms with Crippen molar-refractivity contribution in [1.29, 1.82) is 0 Å². The predicted octanol–water partition coefficient (Wildman–Crippen LogP) is 1.18. The molecule has 0 spiro atoms. The quantitative estimate of drug-likeness (QED) is 0.676. The molecule has 0 saturated carbocycles. The van der Waals surface area contributed by atoms with Crippen LogP contribution >= 0.6 is 0 Å². The Labute approximate surface area is 135 Å². The van der Waals surface area contributed by atoms with Crippen LogP contribution in [0.1, 0.15) is 19.8 Å². The second-order valence-corrected chi connectivity index (χ2v) is 7.01. The maximum absolute atomic E-state index is 11.8. The fourth-order valence-corrected chi connectivity index (χ4v) is 2.52. The van der Waals surface area contributed by atoms with Crippen molar-refractivity contribution in [1.82, 2.24) is 4.90 Å². The number of amides is 1. The minimum Gasteiger partial charge on any atom is -0.494 e. The maximum Gasteiger partial charge on any atom is 0.323 e. The van der Waals surface area contributed by atoms with E-state index in [1.807, 2.05) is 0 Å². The Bertz CT molecular complexity index is 638. The predicted molar refractivity (Wildman–Crippen MR) is 84.2 cm³/mol. The number of carboxylic acid groups (broad SMARTS) is 1. The summed E-state index contributed by atoms with van der Waals surface area (Å²) in [5.41, 5.74) is 0. The summed E-state index contributed by atoms with van der Waals surface area (Å²) in [4.78, 5) is 23.9. The van der Waals surface area contributed by atoms with Crippen molar-refractivity contribution in [3.8, 4) is 5.75 Å². The van der Waals surface area contributed by atoms with E-state index in [4.69, 9.17) is 9.84 Å². The number of nitrogens with zero attached hydrogens (tertiary/aromatic N) is 1. The smallest absolute Gasteiger partial charge is 0.323 e. The molecule has 1 N–H and O–H groups in total. The molecular formula is C15H21NO6S. The van der Waals surface area contributed by atoms with Crippen LogP contribution in [0.2, 0.25) is 0 Å². The van der Waals surface area contributed by atoms with Gasteiger partial charge in [-0.1, -0.05) is 0 Å². The van der Waals surface area contributed by atoms with Crippen molar-refractivity contribution < 1.29 is 27.9 Å². The molecule has 1 aromatic rings. The van der Waals surface area contributed by atoms with Gasteiger partial charge >= 0.3 is 5.97 Å². The number of likely N-dealkylation sites (N-methyl/N-ethyl adjacent to an activating group) is 1. The lowest BCUT2D eigenvalue weighted by Crippen LogP contribution is -2.35. The van der Waals surface area contributed by atoms with Crippen LogP contribution in [0.15, 0.2) is 29.2 Å². The van der Waals surface area contributed by atoms with Gasteiger partial charge in [0.05, 0.1) is 11.5 Å². The van der Waals surface area contributed by atoms with Crippen LogP contribution < -0.4 is 4.74 Å². The molecule has 0 atom stereocenters. The summed E-state index contributed by atoms with van der Waals surface area (Å²) < 4.78 is 28.1. The molecule has 0 aromatic heterocycles. The summed E-state index contributed by atoms with van der Waals surface area (Å²) in [5, 5.41) is 8.70. The molecular weight excluding hydrogens is 322 g/mol. The van der Waals surface area contributed by atoms with E-state index in [9.17, 15) is 18.0 Å². The van der Waals surface area contributed by atoms with Gasteiger partial charge in [0.15, 0.2) is 9.84 Å². The summed E-state index contributed by atoms with van der Waals surface area (Å²) in [6, 6.07) is 6.03. The van der Waals surface area contributed by atoms with Crippen molar-refractivity contribution in [3.05, 3.63) is 24.3 Å². The molecule has 0 fully saturated rings. The average molecular weight is 343 g/mol. The number of carbonyl (C=O) groups excluding carboxylic acids is 1. The molecule has 0 radical (unpaired) electrons. The summed E-state index contributed by atoms with van der Waals surface area (Å²) in [7, 11) is -3.23. The number of benzene rings is 1. The Morgan fingerprint density at radius 2 is 1.83 bits per heavy atom. The summed E-state index contributed by atoms with van der Waals surface area (Å²) >= 11 is 0. The van der Waals surface area contributed by atoms with Crippen molar-refractivity contribution in [2.45, 2.75) is 24.7 Å². The minimum atomic E-state index is -3.23. The number of hydrogen-bond acceptors (Lipinski definition) is 5. The number of sulfone groups is 1. The fraction of sp³-hybridized carbons (Fsp3) is 0.467. The molecule has 7 nitrogen and oxygen atoms in total. The standard InChI is InChI=1S/C15H21NO6S/c1-3-16(11-15(18)19)14(17)5-4-10-22-12-6-8-13(9-7-12)23(2,20)21/h6-9H,3-5,10-11H2,1-2H3,(H,18,19). The van der Waals surface area contributed by atoms with E-state index in [0.29, 0.717) is 18.7 Å². The number of rotatable bonds is 9. The molecule has 1 rings (SSSR count). The van der Waals surface area contributed by atoms with Crippen LogP contribution in [0.25, 0.3) is 0 Å². The second kappa shape index (κ2) is 8.52. The number of ether oxygens (including phenoxy) is 1. The van der Waals surface area contributed by atoms with Crippen molar-refractivity contribution >= 4 is 21.7 Å². The zero-order valence-electron chi connectivity index (χ0n) is 13.2. The Hall–Kier alpha value is -2.09. The molecule has 0 aliphatic carbocycles. The van der Waals surface area contributed by atoms with E-state index in [0.717, 1.165) is 6.26 Å². The Morgan fingerprint density at radius 1 is 1.22 bits per heavy atom. The first-order valence-electron chi connectivity index (χ1n) is 7.16. The van der Waals surface area contributed by atoms with Gasteiger partial charge in [-0.3, -0.25) is 9.59 Å².